The summed E-state index contributed by atoms with van der Waals surface area (Å²) < 4.78 is 5.76. The molecule has 1 fully saturated rings. The van der Waals surface area contributed by atoms with Gasteiger partial charge in [0, 0.05) is 13.0 Å². The lowest BCUT2D eigenvalue weighted by molar-refractivity contribution is 0.0648. The highest BCUT2D eigenvalue weighted by Gasteiger charge is 2.54. The van der Waals surface area contributed by atoms with Crippen molar-refractivity contribution in [3.05, 3.63) is 35.9 Å². The molecule has 1 heteroatoms. The van der Waals surface area contributed by atoms with E-state index in [1.165, 1.54) is 37.7 Å². The molecular weight excluding hydrogens is 196 g/mol. The van der Waals surface area contributed by atoms with Gasteiger partial charge in [0.1, 0.15) is 0 Å². The van der Waals surface area contributed by atoms with Gasteiger partial charge >= 0.3 is 0 Å². The molecule has 0 aromatic heterocycles. The Kier molecular flexibility index (Phi) is 3.65. The average Bonchev–Trinajstić information content (AvgIpc) is 3.06. The number of benzene rings is 1. The Hall–Kier alpha value is -0.820. The topological polar surface area (TPSA) is 9.23 Å². The molecule has 1 saturated carbocycles. The lowest BCUT2D eigenvalue weighted by Crippen LogP contribution is -2.14. The predicted molar refractivity (Wildman–Crippen MR) is 67.7 cm³/mol. The normalized spacial score (nSPS) is 28.0. The van der Waals surface area contributed by atoms with Crippen molar-refractivity contribution in [2.75, 3.05) is 7.11 Å². The van der Waals surface area contributed by atoms with Crippen molar-refractivity contribution in [1.82, 2.24) is 0 Å². The first-order valence-corrected chi connectivity index (χ1v) is 6.42. The van der Waals surface area contributed by atoms with Crippen molar-refractivity contribution in [3.63, 3.8) is 0 Å². The van der Waals surface area contributed by atoms with Crippen LogP contribution in [0.15, 0.2) is 30.3 Å². The lowest BCUT2D eigenvalue weighted by Gasteiger charge is -2.15. The summed E-state index contributed by atoms with van der Waals surface area (Å²) in [5.41, 5.74) is 1.61. The molecule has 0 saturated heterocycles. The molecule has 1 nitrogen and oxygen atoms in total. The molecule has 2 unspecified atom stereocenters. The zero-order chi connectivity index (χ0) is 11.4. The average molecular weight is 218 g/mol. The van der Waals surface area contributed by atoms with Crippen LogP contribution < -0.4 is 0 Å². The number of rotatable bonds is 6. The smallest absolute Gasteiger partial charge is 0.0754 e. The van der Waals surface area contributed by atoms with Gasteiger partial charge in [-0.3, -0.25) is 0 Å². The third-order valence-electron chi connectivity index (χ3n) is 3.84. The van der Waals surface area contributed by atoms with Gasteiger partial charge in [0.05, 0.1) is 5.60 Å². The Bertz CT molecular complexity index is 319. The van der Waals surface area contributed by atoms with Gasteiger partial charge in [-0.05, 0) is 18.4 Å². The van der Waals surface area contributed by atoms with Crippen LogP contribution in [0.5, 0.6) is 0 Å². The SMILES string of the molecule is CCCCCC1(OC)CC1c1ccccc1. The molecule has 0 aliphatic heterocycles. The largest absolute Gasteiger partial charge is 0.378 e. The second-order valence-electron chi connectivity index (χ2n) is 4.89. The maximum Gasteiger partial charge on any atom is 0.0754 e. The van der Waals surface area contributed by atoms with Crippen LogP contribution in [0, 0.1) is 0 Å². The zero-order valence-electron chi connectivity index (χ0n) is 10.4. The van der Waals surface area contributed by atoms with Gasteiger partial charge in [-0.15, -0.1) is 0 Å². The van der Waals surface area contributed by atoms with E-state index in [0.29, 0.717) is 5.92 Å². The highest BCUT2D eigenvalue weighted by Crippen LogP contribution is 2.56. The first-order chi connectivity index (χ1) is 7.82. The van der Waals surface area contributed by atoms with Crippen LogP contribution in [-0.4, -0.2) is 12.7 Å². The van der Waals surface area contributed by atoms with E-state index >= 15 is 0 Å². The summed E-state index contributed by atoms with van der Waals surface area (Å²) in [5.74, 6) is 0.635. The van der Waals surface area contributed by atoms with Gasteiger partial charge < -0.3 is 4.74 Å². The summed E-state index contributed by atoms with van der Waals surface area (Å²) in [5, 5.41) is 0. The van der Waals surface area contributed by atoms with Crippen molar-refractivity contribution < 1.29 is 4.74 Å². The van der Waals surface area contributed by atoms with E-state index < -0.39 is 0 Å². The van der Waals surface area contributed by atoms with Crippen LogP contribution >= 0.6 is 0 Å². The molecule has 2 rings (SSSR count). The molecule has 0 amide bonds. The second-order valence-corrected chi connectivity index (χ2v) is 4.89. The van der Waals surface area contributed by atoms with E-state index in [1.54, 1.807) is 0 Å². The fourth-order valence-corrected chi connectivity index (χ4v) is 2.67. The van der Waals surface area contributed by atoms with Crippen molar-refractivity contribution >= 4 is 0 Å². The number of unbranched alkanes of at least 4 members (excludes halogenated alkanes) is 2. The third kappa shape index (κ3) is 2.30. The summed E-state index contributed by atoms with van der Waals surface area (Å²) in [7, 11) is 1.87. The molecule has 1 aromatic carbocycles. The van der Waals surface area contributed by atoms with Crippen LogP contribution in [0.1, 0.15) is 50.5 Å². The molecular formula is C15H22O. The Morgan fingerprint density at radius 2 is 2.00 bits per heavy atom. The molecule has 1 aromatic rings. The van der Waals surface area contributed by atoms with Crippen molar-refractivity contribution in [3.8, 4) is 0 Å². The fourth-order valence-electron chi connectivity index (χ4n) is 2.67. The molecule has 88 valence electrons. The monoisotopic (exact) mass is 218 g/mol. The number of hydrogen-bond donors (Lipinski definition) is 0. The number of methoxy groups -OCH3 is 1. The summed E-state index contributed by atoms with van der Waals surface area (Å²) in [4.78, 5) is 0. The molecule has 2 atom stereocenters. The van der Waals surface area contributed by atoms with E-state index in [2.05, 4.69) is 37.3 Å². The van der Waals surface area contributed by atoms with Crippen molar-refractivity contribution in [2.24, 2.45) is 0 Å². The summed E-state index contributed by atoms with van der Waals surface area (Å²) >= 11 is 0. The number of ether oxygens (including phenoxy) is 1. The van der Waals surface area contributed by atoms with Gasteiger partial charge in [-0.25, -0.2) is 0 Å². The lowest BCUT2D eigenvalue weighted by atomic mass is 10.0. The molecule has 0 N–H and O–H groups in total. The minimum absolute atomic E-state index is 0.163. The van der Waals surface area contributed by atoms with Gasteiger partial charge in [-0.2, -0.15) is 0 Å². The van der Waals surface area contributed by atoms with E-state index in [9.17, 15) is 0 Å². The predicted octanol–water partition coefficient (Wildman–Crippen LogP) is 4.14. The Morgan fingerprint density at radius 1 is 1.25 bits per heavy atom. The van der Waals surface area contributed by atoms with Crippen LogP contribution in [0.4, 0.5) is 0 Å². The van der Waals surface area contributed by atoms with Crippen LogP contribution in [-0.2, 0) is 4.74 Å². The molecule has 16 heavy (non-hydrogen) atoms. The maximum absolute atomic E-state index is 5.76. The summed E-state index contributed by atoms with van der Waals surface area (Å²) in [6.07, 6.45) is 6.34. The molecule has 0 heterocycles. The third-order valence-corrected chi connectivity index (χ3v) is 3.84. The fraction of sp³-hybridized carbons (Fsp3) is 0.600. The number of hydrogen-bond acceptors (Lipinski definition) is 1. The van der Waals surface area contributed by atoms with Crippen LogP contribution in [0.2, 0.25) is 0 Å². The minimum atomic E-state index is 0.163. The van der Waals surface area contributed by atoms with Gasteiger partial charge in [0.25, 0.3) is 0 Å². The van der Waals surface area contributed by atoms with Crippen molar-refractivity contribution in [2.45, 2.75) is 50.5 Å². The van der Waals surface area contributed by atoms with Gasteiger partial charge in [-0.1, -0.05) is 56.5 Å². The van der Waals surface area contributed by atoms with E-state index in [-0.39, 0.29) is 5.60 Å². The Labute approximate surface area is 98.8 Å². The zero-order valence-corrected chi connectivity index (χ0v) is 10.4. The molecule has 1 aliphatic rings. The van der Waals surface area contributed by atoms with Crippen LogP contribution in [0.25, 0.3) is 0 Å². The quantitative estimate of drug-likeness (QED) is 0.652. The minimum Gasteiger partial charge on any atom is -0.378 e. The second kappa shape index (κ2) is 5.01. The van der Waals surface area contributed by atoms with E-state index in [0.717, 1.165) is 0 Å². The van der Waals surface area contributed by atoms with Crippen LogP contribution in [0.3, 0.4) is 0 Å². The standard InChI is InChI=1S/C15H22O/c1-3-4-8-11-15(16-2)12-14(15)13-9-6-5-7-10-13/h5-7,9-10,14H,3-4,8,11-12H2,1-2H3. The summed E-state index contributed by atoms with van der Waals surface area (Å²) in [6.45, 7) is 2.25. The van der Waals surface area contributed by atoms with E-state index in [4.69, 9.17) is 4.74 Å². The van der Waals surface area contributed by atoms with Gasteiger partial charge in [0.2, 0.25) is 0 Å². The highest BCUT2D eigenvalue weighted by atomic mass is 16.5. The Balaban J connectivity index is 1.95. The Morgan fingerprint density at radius 3 is 2.62 bits per heavy atom. The van der Waals surface area contributed by atoms with E-state index in [1.807, 2.05) is 7.11 Å². The molecule has 0 spiro atoms. The molecule has 1 aliphatic carbocycles. The first kappa shape index (κ1) is 11.7. The summed E-state index contributed by atoms with van der Waals surface area (Å²) in [6, 6.07) is 10.8. The van der Waals surface area contributed by atoms with Gasteiger partial charge in [0.15, 0.2) is 0 Å². The van der Waals surface area contributed by atoms with Crippen molar-refractivity contribution in [1.29, 1.82) is 0 Å². The molecule has 0 bridgehead atoms. The maximum atomic E-state index is 5.76. The molecule has 0 radical (unpaired) electrons. The highest BCUT2D eigenvalue weighted by molar-refractivity contribution is 5.31. The first-order valence-electron chi connectivity index (χ1n) is 6.42.